The molecule has 3 rings (SSSR count). The van der Waals surface area contributed by atoms with Crippen molar-refractivity contribution in [2.75, 3.05) is 0 Å². The van der Waals surface area contributed by atoms with Crippen LogP contribution in [0, 0.1) is 0 Å². The highest BCUT2D eigenvalue weighted by atomic mass is 79.9. The van der Waals surface area contributed by atoms with E-state index in [1.54, 1.807) is 0 Å². The van der Waals surface area contributed by atoms with Gasteiger partial charge in [-0.15, -0.1) is 0 Å². The van der Waals surface area contributed by atoms with E-state index in [9.17, 15) is 0 Å². The van der Waals surface area contributed by atoms with Crippen LogP contribution in [0.15, 0.2) is 53.0 Å². The van der Waals surface area contributed by atoms with Crippen molar-refractivity contribution in [1.29, 1.82) is 0 Å². The first-order valence-electron chi connectivity index (χ1n) is 6.54. The van der Waals surface area contributed by atoms with Crippen LogP contribution < -0.4 is 0 Å². The highest BCUT2D eigenvalue weighted by molar-refractivity contribution is 9.10. The SMILES string of the molecule is CC(C)c1c(-c2ccccc2Br)[nH]c2ccccc12. The van der Waals surface area contributed by atoms with Crippen LogP contribution in [-0.4, -0.2) is 4.98 Å². The maximum Gasteiger partial charge on any atom is 0.0511 e. The summed E-state index contributed by atoms with van der Waals surface area (Å²) in [4.78, 5) is 3.57. The number of fused-ring (bicyclic) bond motifs is 1. The van der Waals surface area contributed by atoms with Crippen LogP contribution >= 0.6 is 15.9 Å². The number of rotatable bonds is 2. The number of nitrogens with one attached hydrogen (secondary N) is 1. The number of hydrogen-bond acceptors (Lipinski definition) is 0. The zero-order chi connectivity index (χ0) is 13.4. The maximum atomic E-state index is 3.65. The quantitative estimate of drug-likeness (QED) is 0.622. The van der Waals surface area contributed by atoms with Crippen LogP contribution in [0.3, 0.4) is 0 Å². The predicted octanol–water partition coefficient (Wildman–Crippen LogP) is 5.72. The summed E-state index contributed by atoms with van der Waals surface area (Å²) >= 11 is 3.65. The van der Waals surface area contributed by atoms with Crippen LogP contribution in [0.2, 0.25) is 0 Å². The molecule has 0 aliphatic heterocycles. The van der Waals surface area contributed by atoms with E-state index >= 15 is 0 Å². The summed E-state index contributed by atoms with van der Waals surface area (Å²) in [6.45, 7) is 4.49. The summed E-state index contributed by atoms with van der Waals surface area (Å²) in [5.74, 6) is 0.484. The molecule has 96 valence electrons. The van der Waals surface area contributed by atoms with E-state index in [2.05, 4.69) is 77.2 Å². The number of para-hydroxylation sites is 1. The van der Waals surface area contributed by atoms with Gasteiger partial charge >= 0.3 is 0 Å². The molecular formula is C17H16BrN. The predicted molar refractivity (Wildman–Crippen MR) is 85.5 cm³/mol. The van der Waals surface area contributed by atoms with Crippen molar-refractivity contribution in [2.45, 2.75) is 19.8 Å². The summed E-state index contributed by atoms with van der Waals surface area (Å²) in [5.41, 5.74) is 5.05. The van der Waals surface area contributed by atoms with Gasteiger partial charge in [0.2, 0.25) is 0 Å². The molecule has 1 N–H and O–H groups in total. The Morgan fingerprint density at radius 2 is 1.63 bits per heavy atom. The zero-order valence-electron chi connectivity index (χ0n) is 11.1. The lowest BCUT2D eigenvalue weighted by Gasteiger charge is -2.09. The van der Waals surface area contributed by atoms with Crippen molar-refractivity contribution >= 4 is 26.8 Å². The second kappa shape index (κ2) is 4.86. The van der Waals surface area contributed by atoms with Gasteiger partial charge in [-0.05, 0) is 23.6 Å². The van der Waals surface area contributed by atoms with Crippen LogP contribution in [0.25, 0.3) is 22.2 Å². The molecule has 0 atom stereocenters. The van der Waals surface area contributed by atoms with Gasteiger partial charge < -0.3 is 4.98 Å². The van der Waals surface area contributed by atoms with E-state index in [1.807, 2.05) is 6.07 Å². The minimum atomic E-state index is 0.484. The van der Waals surface area contributed by atoms with Crippen LogP contribution in [0.1, 0.15) is 25.3 Å². The summed E-state index contributed by atoms with van der Waals surface area (Å²) in [6.07, 6.45) is 0. The van der Waals surface area contributed by atoms with Gasteiger partial charge in [-0.1, -0.05) is 66.2 Å². The number of halogens is 1. The Bertz CT molecular complexity index is 725. The minimum Gasteiger partial charge on any atom is -0.354 e. The molecule has 0 saturated carbocycles. The summed E-state index contributed by atoms with van der Waals surface area (Å²) in [7, 11) is 0. The van der Waals surface area contributed by atoms with E-state index in [1.165, 1.54) is 27.7 Å². The van der Waals surface area contributed by atoms with E-state index < -0.39 is 0 Å². The maximum absolute atomic E-state index is 3.65. The molecular weight excluding hydrogens is 298 g/mol. The average Bonchev–Trinajstić information content (AvgIpc) is 2.78. The Morgan fingerprint density at radius 1 is 0.947 bits per heavy atom. The molecule has 0 aliphatic carbocycles. The first-order valence-corrected chi connectivity index (χ1v) is 7.33. The number of hydrogen-bond donors (Lipinski definition) is 1. The third-order valence-electron chi connectivity index (χ3n) is 3.47. The highest BCUT2D eigenvalue weighted by Crippen LogP contribution is 2.38. The zero-order valence-corrected chi connectivity index (χ0v) is 12.7. The lowest BCUT2D eigenvalue weighted by molar-refractivity contribution is 0.878. The molecule has 19 heavy (non-hydrogen) atoms. The van der Waals surface area contributed by atoms with Gasteiger partial charge in [0.1, 0.15) is 0 Å². The fraction of sp³-hybridized carbons (Fsp3) is 0.176. The molecule has 0 spiro atoms. The summed E-state index contributed by atoms with van der Waals surface area (Å²) in [5, 5.41) is 1.32. The molecule has 1 aromatic heterocycles. The second-order valence-corrected chi connectivity index (χ2v) is 5.95. The fourth-order valence-corrected chi connectivity index (χ4v) is 3.12. The van der Waals surface area contributed by atoms with Crippen molar-refractivity contribution in [3.05, 3.63) is 58.6 Å². The largest absolute Gasteiger partial charge is 0.354 e. The Morgan fingerprint density at radius 3 is 2.37 bits per heavy atom. The molecule has 2 heteroatoms. The molecule has 0 fully saturated rings. The van der Waals surface area contributed by atoms with Gasteiger partial charge in [-0.3, -0.25) is 0 Å². The smallest absolute Gasteiger partial charge is 0.0511 e. The van der Waals surface area contributed by atoms with E-state index in [4.69, 9.17) is 0 Å². The monoisotopic (exact) mass is 313 g/mol. The number of H-pyrrole nitrogens is 1. The van der Waals surface area contributed by atoms with Crippen LogP contribution in [0.5, 0.6) is 0 Å². The molecule has 0 radical (unpaired) electrons. The number of benzene rings is 2. The topological polar surface area (TPSA) is 15.8 Å². The van der Waals surface area contributed by atoms with E-state index in [-0.39, 0.29) is 0 Å². The average molecular weight is 314 g/mol. The van der Waals surface area contributed by atoms with Gasteiger partial charge in [0.25, 0.3) is 0 Å². The molecule has 0 saturated heterocycles. The molecule has 1 heterocycles. The van der Waals surface area contributed by atoms with Gasteiger partial charge in [-0.25, -0.2) is 0 Å². The third-order valence-corrected chi connectivity index (χ3v) is 4.16. The van der Waals surface area contributed by atoms with Gasteiger partial charge in [0.15, 0.2) is 0 Å². The molecule has 0 aliphatic rings. The minimum absolute atomic E-state index is 0.484. The normalized spacial score (nSPS) is 11.4. The van der Waals surface area contributed by atoms with Crippen molar-refractivity contribution < 1.29 is 0 Å². The Kier molecular flexibility index (Phi) is 3.19. The lowest BCUT2D eigenvalue weighted by atomic mass is 9.96. The standard InChI is InChI=1S/C17H16BrN/c1-11(2)16-13-8-4-6-10-15(13)19-17(16)12-7-3-5-9-14(12)18/h3-11,19H,1-2H3. The second-order valence-electron chi connectivity index (χ2n) is 5.09. The van der Waals surface area contributed by atoms with Crippen molar-refractivity contribution in [3.8, 4) is 11.3 Å². The molecule has 0 bridgehead atoms. The highest BCUT2D eigenvalue weighted by Gasteiger charge is 2.16. The molecule has 0 unspecified atom stereocenters. The molecule has 1 nitrogen and oxygen atoms in total. The van der Waals surface area contributed by atoms with Crippen molar-refractivity contribution in [1.82, 2.24) is 4.98 Å². The number of aromatic nitrogens is 1. The van der Waals surface area contributed by atoms with Gasteiger partial charge in [0.05, 0.1) is 5.69 Å². The fourth-order valence-electron chi connectivity index (χ4n) is 2.64. The molecule has 0 amide bonds. The first kappa shape index (κ1) is 12.5. The lowest BCUT2D eigenvalue weighted by Crippen LogP contribution is -1.90. The van der Waals surface area contributed by atoms with Crippen molar-refractivity contribution in [2.24, 2.45) is 0 Å². The first-order chi connectivity index (χ1) is 9.18. The molecule has 3 aromatic rings. The summed E-state index contributed by atoms with van der Waals surface area (Å²) < 4.78 is 1.13. The third kappa shape index (κ3) is 2.10. The van der Waals surface area contributed by atoms with E-state index in [0.29, 0.717) is 5.92 Å². The Hall–Kier alpha value is -1.54. The van der Waals surface area contributed by atoms with Crippen LogP contribution in [-0.2, 0) is 0 Å². The van der Waals surface area contributed by atoms with E-state index in [0.717, 1.165) is 4.47 Å². The Balaban J connectivity index is 2.35. The summed E-state index contributed by atoms with van der Waals surface area (Å²) in [6, 6.07) is 16.9. The van der Waals surface area contributed by atoms with Crippen LogP contribution in [0.4, 0.5) is 0 Å². The van der Waals surface area contributed by atoms with Gasteiger partial charge in [-0.2, -0.15) is 0 Å². The van der Waals surface area contributed by atoms with Gasteiger partial charge in [0, 0.05) is 20.9 Å². The molecule has 2 aromatic carbocycles. The Labute approximate surface area is 121 Å². The number of aromatic amines is 1. The van der Waals surface area contributed by atoms with Crippen molar-refractivity contribution in [3.63, 3.8) is 0 Å².